The van der Waals surface area contributed by atoms with E-state index in [9.17, 15) is 9.59 Å². The Labute approximate surface area is 173 Å². The molecule has 1 atom stereocenters. The van der Waals surface area contributed by atoms with Gasteiger partial charge in [0, 0.05) is 10.9 Å². The predicted molar refractivity (Wildman–Crippen MR) is 112 cm³/mol. The summed E-state index contributed by atoms with van der Waals surface area (Å²) in [6, 6.07) is 15.2. The van der Waals surface area contributed by atoms with Crippen LogP contribution in [0.4, 0.5) is 4.79 Å². The Hall–Kier alpha value is -2.92. The summed E-state index contributed by atoms with van der Waals surface area (Å²) in [5.74, 6) is -0.273. The van der Waals surface area contributed by atoms with Crippen LogP contribution < -0.4 is 5.32 Å². The second-order valence-corrected chi connectivity index (χ2v) is 8.27. The Balaban J connectivity index is 1.47. The molecule has 0 spiro atoms. The summed E-state index contributed by atoms with van der Waals surface area (Å²) < 4.78 is 0. The average molecular weight is 406 g/mol. The molecule has 0 unspecified atom stereocenters. The van der Waals surface area contributed by atoms with Crippen LogP contribution in [-0.2, 0) is 29.7 Å². The predicted octanol–water partition coefficient (Wildman–Crippen LogP) is 4.34. The van der Waals surface area contributed by atoms with Crippen molar-refractivity contribution in [1.29, 1.82) is 0 Å². The number of nitrogens with one attached hydrogen (secondary N) is 1. The first kappa shape index (κ1) is 18.1. The summed E-state index contributed by atoms with van der Waals surface area (Å²) in [5.41, 5.74) is 3.77. The van der Waals surface area contributed by atoms with Crippen LogP contribution in [0.15, 0.2) is 48.5 Å². The minimum Gasteiger partial charge on any atom is -0.319 e. The third kappa shape index (κ3) is 2.88. The number of nitrogens with zero attached hydrogens (tertiary/aromatic N) is 2. The van der Waals surface area contributed by atoms with Gasteiger partial charge in [-0.15, -0.1) is 0 Å². The molecule has 1 aliphatic heterocycles. The summed E-state index contributed by atoms with van der Waals surface area (Å²) in [6.45, 7) is 1.85. The van der Waals surface area contributed by atoms with Crippen LogP contribution in [0.5, 0.6) is 0 Å². The smallest absolute Gasteiger partial charge is 0.319 e. The number of para-hydroxylation sites is 1. The van der Waals surface area contributed by atoms with Gasteiger partial charge in [0.25, 0.3) is 5.91 Å². The van der Waals surface area contributed by atoms with E-state index in [0.29, 0.717) is 10.7 Å². The van der Waals surface area contributed by atoms with E-state index in [1.165, 1.54) is 16.0 Å². The zero-order chi connectivity index (χ0) is 20.2. The topological polar surface area (TPSA) is 62.3 Å². The van der Waals surface area contributed by atoms with Gasteiger partial charge in [-0.3, -0.25) is 9.69 Å². The van der Waals surface area contributed by atoms with Crippen LogP contribution in [0, 0.1) is 0 Å². The fraction of sp³-hybridized carbons (Fsp3) is 0.261. The molecule has 29 heavy (non-hydrogen) atoms. The van der Waals surface area contributed by atoms with Gasteiger partial charge in [-0.2, -0.15) is 0 Å². The number of aromatic nitrogens is 1. The molecule has 1 fully saturated rings. The molecule has 5 nitrogen and oxygen atoms in total. The summed E-state index contributed by atoms with van der Waals surface area (Å²) in [4.78, 5) is 31.6. The fourth-order valence-electron chi connectivity index (χ4n) is 4.34. The quantitative estimate of drug-likeness (QED) is 0.520. The maximum absolute atomic E-state index is 13.3. The lowest BCUT2D eigenvalue weighted by Crippen LogP contribution is -2.41. The van der Waals surface area contributed by atoms with Crippen molar-refractivity contribution in [2.24, 2.45) is 0 Å². The molecule has 2 heterocycles. The van der Waals surface area contributed by atoms with Crippen LogP contribution >= 0.6 is 11.6 Å². The first-order chi connectivity index (χ1) is 14.0. The van der Waals surface area contributed by atoms with Crippen molar-refractivity contribution in [3.63, 3.8) is 0 Å². The highest BCUT2D eigenvalue weighted by molar-refractivity contribution is 6.30. The summed E-state index contributed by atoms with van der Waals surface area (Å²) in [6.07, 6.45) is 3.23. The molecule has 3 amide bonds. The fourth-order valence-corrected chi connectivity index (χ4v) is 4.54. The number of benzene rings is 2. The minimum absolute atomic E-state index is 0.0852. The van der Waals surface area contributed by atoms with E-state index >= 15 is 0 Å². The van der Waals surface area contributed by atoms with Gasteiger partial charge in [0.1, 0.15) is 10.7 Å². The van der Waals surface area contributed by atoms with E-state index in [2.05, 4.69) is 22.4 Å². The van der Waals surface area contributed by atoms with E-state index in [1.54, 1.807) is 6.92 Å². The van der Waals surface area contributed by atoms with Crippen LogP contribution in [-0.4, -0.2) is 21.8 Å². The number of carbonyl (C=O) groups excluding carboxylic acids is 2. The van der Waals surface area contributed by atoms with Gasteiger partial charge in [-0.1, -0.05) is 48.0 Å². The highest BCUT2D eigenvalue weighted by Crippen LogP contribution is 2.34. The van der Waals surface area contributed by atoms with E-state index in [0.717, 1.165) is 35.7 Å². The molecule has 3 aromatic rings. The summed E-state index contributed by atoms with van der Waals surface area (Å²) >= 11 is 6.35. The van der Waals surface area contributed by atoms with Crippen LogP contribution in [0.25, 0.3) is 10.9 Å². The molecule has 1 saturated heterocycles. The first-order valence-electron chi connectivity index (χ1n) is 9.76. The molecule has 6 heteroatoms. The monoisotopic (exact) mass is 405 g/mol. The van der Waals surface area contributed by atoms with Crippen LogP contribution in [0.2, 0.25) is 5.15 Å². The molecule has 0 saturated carbocycles. The molecule has 146 valence electrons. The Bertz CT molecular complexity index is 1180. The maximum atomic E-state index is 13.3. The Morgan fingerprint density at radius 2 is 1.90 bits per heavy atom. The number of rotatable bonds is 3. The van der Waals surface area contributed by atoms with E-state index < -0.39 is 11.6 Å². The molecule has 1 aliphatic carbocycles. The van der Waals surface area contributed by atoms with Gasteiger partial charge in [0.15, 0.2) is 0 Å². The van der Waals surface area contributed by atoms with Crippen molar-refractivity contribution in [2.45, 2.75) is 38.3 Å². The number of aryl methyl sites for hydroxylation is 2. The van der Waals surface area contributed by atoms with E-state index in [1.807, 2.05) is 36.4 Å². The lowest BCUT2D eigenvalue weighted by Gasteiger charge is -2.23. The van der Waals surface area contributed by atoms with Crippen molar-refractivity contribution in [3.8, 4) is 0 Å². The van der Waals surface area contributed by atoms with Crippen molar-refractivity contribution >= 4 is 34.4 Å². The third-order valence-corrected chi connectivity index (χ3v) is 6.36. The first-order valence-corrected chi connectivity index (χ1v) is 10.1. The van der Waals surface area contributed by atoms with E-state index in [-0.39, 0.29) is 12.5 Å². The Morgan fingerprint density at radius 1 is 1.10 bits per heavy atom. The van der Waals surface area contributed by atoms with Gasteiger partial charge in [-0.05, 0) is 55.0 Å². The molecule has 2 aliphatic rings. The van der Waals surface area contributed by atoms with Crippen molar-refractivity contribution in [3.05, 3.63) is 75.9 Å². The molecule has 1 N–H and O–H groups in total. The van der Waals surface area contributed by atoms with Crippen molar-refractivity contribution in [2.75, 3.05) is 0 Å². The van der Waals surface area contributed by atoms with Gasteiger partial charge < -0.3 is 5.32 Å². The Morgan fingerprint density at radius 3 is 2.76 bits per heavy atom. The molecule has 2 aromatic carbocycles. The van der Waals surface area contributed by atoms with Crippen LogP contribution in [0.3, 0.4) is 0 Å². The second-order valence-electron chi connectivity index (χ2n) is 7.91. The molecule has 0 bridgehead atoms. The number of hydrogen-bond donors (Lipinski definition) is 1. The molecular formula is C23H20ClN3O2. The zero-order valence-electron chi connectivity index (χ0n) is 16.0. The third-order valence-electron chi connectivity index (χ3n) is 6.03. The summed E-state index contributed by atoms with van der Waals surface area (Å²) in [5, 5.41) is 4.11. The summed E-state index contributed by atoms with van der Waals surface area (Å²) in [7, 11) is 0. The molecule has 0 radical (unpaired) electrons. The van der Waals surface area contributed by atoms with Gasteiger partial charge in [-0.25, -0.2) is 9.78 Å². The second kappa shape index (κ2) is 6.56. The Kier molecular flexibility index (Phi) is 4.10. The van der Waals surface area contributed by atoms with Crippen molar-refractivity contribution < 1.29 is 9.59 Å². The number of carbonyl (C=O) groups is 2. The number of halogens is 1. The standard InChI is InChI=1S/C23H20ClN3O2/c1-23(18-10-9-14-6-4-7-15(14)12-18)21(28)27(22(29)26-23)13-17-11-16-5-2-3-8-19(16)25-20(17)24/h2-3,5,8-12H,4,6-7,13H2,1H3,(H,26,29)/t23-/m1/s1. The van der Waals surface area contributed by atoms with Gasteiger partial charge >= 0.3 is 6.03 Å². The average Bonchev–Trinajstić information content (AvgIpc) is 3.26. The van der Waals surface area contributed by atoms with Gasteiger partial charge in [0.2, 0.25) is 0 Å². The van der Waals surface area contributed by atoms with Crippen molar-refractivity contribution in [1.82, 2.24) is 15.2 Å². The largest absolute Gasteiger partial charge is 0.325 e. The van der Waals surface area contributed by atoms with Gasteiger partial charge in [0.05, 0.1) is 12.1 Å². The molecule has 5 rings (SSSR count). The van der Waals surface area contributed by atoms with Crippen LogP contribution in [0.1, 0.15) is 35.6 Å². The van der Waals surface area contributed by atoms with E-state index in [4.69, 9.17) is 11.6 Å². The number of urea groups is 1. The normalized spacial score (nSPS) is 21.0. The highest BCUT2D eigenvalue weighted by Gasteiger charge is 2.49. The lowest BCUT2D eigenvalue weighted by atomic mass is 9.89. The number of hydrogen-bond acceptors (Lipinski definition) is 3. The molecular weight excluding hydrogens is 386 g/mol. The lowest BCUT2D eigenvalue weighted by molar-refractivity contribution is -0.131. The number of fused-ring (bicyclic) bond motifs is 2. The highest BCUT2D eigenvalue weighted by atomic mass is 35.5. The minimum atomic E-state index is -1.08. The number of amides is 3. The maximum Gasteiger partial charge on any atom is 0.325 e. The number of pyridine rings is 1. The zero-order valence-corrected chi connectivity index (χ0v) is 16.8. The SMILES string of the molecule is C[C@]1(c2ccc3c(c2)CCC3)NC(=O)N(Cc2cc3ccccc3nc2Cl)C1=O. The number of imide groups is 1. The molecule has 1 aromatic heterocycles.